The van der Waals surface area contributed by atoms with E-state index in [1.807, 2.05) is 0 Å². The summed E-state index contributed by atoms with van der Waals surface area (Å²) in [5.41, 5.74) is -0.384. The number of rotatable bonds is 11. The fourth-order valence-electron chi connectivity index (χ4n) is 2.56. The predicted molar refractivity (Wildman–Crippen MR) is 132 cm³/mol. The van der Waals surface area contributed by atoms with Crippen molar-refractivity contribution in [1.82, 2.24) is 0 Å². The van der Waals surface area contributed by atoms with Crippen LogP contribution in [0.3, 0.4) is 0 Å². The summed E-state index contributed by atoms with van der Waals surface area (Å²) in [4.78, 5) is 0. The molecule has 0 rings (SSSR count). The lowest BCUT2D eigenvalue weighted by atomic mass is 9.95. The standard InChI is InChI=1S/C20H49O4Si4/c1-17(2)18(3,4)21-28(16,24-25(9)10)23-20(7,8)27(14,15)22-19(5,6)26(11,12)13/h25H,1-16H3/q-1. The summed E-state index contributed by atoms with van der Waals surface area (Å²) < 4.78 is 26.7. The maximum Gasteiger partial charge on any atom is 0.485 e. The predicted octanol–water partition coefficient (Wildman–Crippen LogP) is 6.18. The first-order chi connectivity index (χ1) is 12.0. The summed E-state index contributed by atoms with van der Waals surface area (Å²) in [5.74, 6) is 1.22. The van der Waals surface area contributed by atoms with Crippen LogP contribution in [0.2, 0.25) is 52.4 Å². The maximum atomic E-state index is 6.88. The largest absolute Gasteiger partial charge is 0.485 e. The molecule has 1 atom stereocenters. The van der Waals surface area contributed by atoms with Crippen LogP contribution >= 0.6 is 0 Å². The highest BCUT2D eigenvalue weighted by Crippen LogP contribution is 2.38. The zero-order valence-corrected chi connectivity index (χ0v) is 25.9. The molecule has 0 aromatic carbocycles. The Hall–Kier alpha value is 0.708. The van der Waals surface area contributed by atoms with Crippen molar-refractivity contribution in [2.24, 2.45) is 0 Å². The monoisotopic (exact) mass is 465 g/mol. The molecule has 0 N–H and O–H groups in total. The fraction of sp³-hybridized carbons (Fsp3) is 0.950. The third kappa shape index (κ3) is 7.75. The highest BCUT2D eigenvalue weighted by molar-refractivity contribution is 6.81. The SMILES string of the molecule is C[C-](C)C(C)(C)O[Si](C)(O[SiH](C)C)OC(C)(C)[Si](C)(C)OC(C)(C)[Si](C)(C)C. The highest BCUT2D eigenvalue weighted by Gasteiger charge is 2.54. The van der Waals surface area contributed by atoms with Gasteiger partial charge in [-0.1, -0.05) is 39.1 Å². The van der Waals surface area contributed by atoms with Gasteiger partial charge < -0.3 is 17.4 Å². The molecule has 0 amide bonds. The minimum Gasteiger partial charge on any atom is -0.419 e. The van der Waals surface area contributed by atoms with Gasteiger partial charge in [-0.25, -0.2) is 0 Å². The van der Waals surface area contributed by atoms with Gasteiger partial charge >= 0.3 is 8.80 Å². The van der Waals surface area contributed by atoms with Gasteiger partial charge in [-0.05, 0) is 53.9 Å². The third-order valence-electron chi connectivity index (χ3n) is 6.30. The molecule has 4 nitrogen and oxygen atoms in total. The normalized spacial score (nSPS) is 17.4. The summed E-state index contributed by atoms with van der Waals surface area (Å²) in [7, 11) is -7.96. The van der Waals surface area contributed by atoms with E-state index in [4.69, 9.17) is 17.4 Å². The van der Waals surface area contributed by atoms with Crippen molar-refractivity contribution in [3.05, 3.63) is 5.92 Å². The summed E-state index contributed by atoms with van der Waals surface area (Å²) in [6.07, 6.45) is 0. The molecule has 28 heavy (non-hydrogen) atoms. The van der Waals surface area contributed by atoms with E-state index in [0.717, 1.165) is 0 Å². The van der Waals surface area contributed by atoms with E-state index in [-0.39, 0.29) is 10.8 Å². The van der Waals surface area contributed by atoms with Crippen LogP contribution in [-0.2, 0) is 17.4 Å². The molecule has 0 aliphatic carbocycles. The Labute approximate surface area is 181 Å². The van der Waals surface area contributed by atoms with Gasteiger partial charge in [0.25, 0.3) is 0 Å². The Bertz CT molecular complexity index is 511. The van der Waals surface area contributed by atoms with E-state index in [1.165, 1.54) is 5.92 Å². The second-order valence-corrected chi connectivity index (χ2v) is 26.9. The zero-order chi connectivity index (χ0) is 23.0. The van der Waals surface area contributed by atoms with E-state index in [2.05, 4.69) is 108 Å². The molecular formula is C20H49O4Si4-. The molecule has 0 bridgehead atoms. The smallest absolute Gasteiger partial charge is 0.419 e. The van der Waals surface area contributed by atoms with Gasteiger partial charge in [0, 0.05) is 11.8 Å². The van der Waals surface area contributed by atoms with Crippen LogP contribution in [0.5, 0.6) is 0 Å². The number of hydrogen-bond donors (Lipinski definition) is 0. The average Bonchev–Trinajstić information content (AvgIpc) is 2.31. The molecule has 1 unspecified atom stereocenters. The van der Waals surface area contributed by atoms with E-state index in [9.17, 15) is 0 Å². The minimum absolute atomic E-state index is 0.122. The lowest BCUT2D eigenvalue weighted by Crippen LogP contribution is -2.66. The first-order valence-corrected chi connectivity index (χ1v) is 22.0. The molecule has 0 spiro atoms. The Kier molecular flexibility index (Phi) is 9.29. The van der Waals surface area contributed by atoms with Crippen LogP contribution in [0, 0.1) is 5.92 Å². The summed E-state index contributed by atoms with van der Waals surface area (Å²) in [6, 6.07) is 0. The highest BCUT2D eigenvalue weighted by atomic mass is 28.4. The summed E-state index contributed by atoms with van der Waals surface area (Å²) >= 11 is 0. The quantitative estimate of drug-likeness (QED) is 0.270. The Morgan fingerprint density at radius 1 is 0.679 bits per heavy atom. The second kappa shape index (κ2) is 9.06. The van der Waals surface area contributed by atoms with Crippen LogP contribution in [-0.4, -0.2) is 50.3 Å². The Morgan fingerprint density at radius 3 is 1.43 bits per heavy atom. The van der Waals surface area contributed by atoms with Crippen LogP contribution in [0.25, 0.3) is 0 Å². The van der Waals surface area contributed by atoms with E-state index < -0.39 is 39.5 Å². The van der Waals surface area contributed by atoms with Gasteiger partial charge in [0.1, 0.15) is 0 Å². The molecule has 0 aromatic heterocycles. The molecule has 0 heterocycles. The Balaban J connectivity index is 5.82. The fourth-order valence-corrected chi connectivity index (χ4v) is 13.5. The van der Waals surface area contributed by atoms with Crippen LogP contribution in [0.1, 0.15) is 55.4 Å². The van der Waals surface area contributed by atoms with E-state index in [0.29, 0.717) is 0 Å². The maximum absolute atomic E-state index is 6.88. The zero-order valence-electron chi connectivity index (χ0n) is 21.7. The summed E-state index contributed by atoms with van der Waals surface area (Å²) in [5, 5.41) is -0.561. The van der Waals surface area contributed by atoms with Gasteiger partial charge in [0.2, 0.25) is 8.32 Å². The van der Waals surface area contributed by atoms with Crippen LogP contribution in [0.15, 0.2) is 0 Å². The van der Waals surface area contributed by atoms with Crippen molar-refractivity contribution in [3.63, 3.8) is 0 Å². The lowest BCUT2D eigenvalue weighted by molar-refractivity contribution is -0.0116. The van der Waals surface area contributed by atoms with E-state index in [1.54, 1.807) is 0 Å². The molecule has 0 saturated heterocycles. The lowest BCUT2D eigenvalue weighted by Gasteiger charge is -2.52. The third-order valence-corrected chi connectivity index (χ3v) is 19.8. The first-order valence-electron chi connectivity index (χ1n) is 10.6. The second-order valence-electron chi connectivity index (χ2n) is 11.6. The van der Waals surface area contributed by atoms with Crippen molar-refractivity contribution in [2.45, 2.75) is 124 Å². The molecule has 170 valence electrons. The summed E-state index contributed by atoms with van der Waals surface area (Å²) in [6.45, 7) is 35.2. The van der Waals surface area contributed by atoms with Crippen LogP contribution in [0.4, 0.5) is 0 Å². The first kappa shape index (κ1) is 28.7. The average molecular weight is 466 g/mol. The van der Waals surface area contributed by atoms with Crippen molar-refractivity contribution < 1.29 is 17.4 Å². The van der Waals surface area contributed by atoms with E-state index >= 15 is 0 Å². The molecular weight excluding hydrogens is 417 g/mol. The van der Waals surface area contributed by atoms with Crippen molar-refractivity contribution >= 4 is 34.2 Å². The van der Waals surface area contributed by atoms with Crippen molar-refractivity contribution in [1.29, 1.82) is 0 Å². The molecule has 0 aliphatic heterocycles. The molecule has 8 heteroatoms. The van der Waals surface area contributed by atoms with Gasteiger partial charge in [-0.3, -0.25) is 5.92 Å². The Morgan fingerprint density at radius 2 is 1.11 bits per heavy atom. The molecule has 0 saturated carbocycles. The topological polar surface area (TPSA) is 36.9 Å². The minimum atomic E-state index is -2.87. The van der Waals surface area contributed by atoms with Crippen molar-refractivity contribution in [2.75, 3.05) is 0 Å². The molecule has 0 radical (unpaired) electrons. The van der Waals surface area contributed by atoms with Gasteiger partial charge in [-0.15, -0.1) is 0 Å². The van der Waals surface area contributed by atoms with Gasteiger partial charge in [0.15, 0.2) is 9.04 Å². The van der Waals surface area contributed by atoms with Gasteiger partial charge in [-0.2, -0.15) is 13.8 Å². The van der Waals surface area contributed by atoms with Crippen LogP contribution < -0.4 is 0 Å². The molecule has 0 fully saturated rings. The molecule has 0 aliphatic rings. The molecule has 0 aromatic rings. The number of hydrogen-bond acceptors (Lipinski definition) is 4. The van der Waals surface area contributed by atoms with Gasteiger partial charge in [0.05, 0.1) is 13.3 Å². The van der Waals surface area contributed by atoms with Crippen molar-refractivity contribution in [3.8, 4) is 0 Å².